The number of halogens is 1. The van der Waals surface area contributed by atoms with Gasteiger partial charge in [0.1, 0.15) is 5.60 Å². The molecule has 2 aromatic rings. The zero-order valence-electron chi connectivity index (χ0n) is 11.9. The van der Waals surface area contributed by atoms with E-state index in [9.17, 15) is 0 Å². The first kappa shape index (κ1) is 14.4. The molecule has 1 fully saturated rings. The summed E-state index contributed by atoms with van der Waals surface area (Å²) in [6.07, 6.45) is 4.05. The lowest BCUT2D eigenvalue weighted by molar-refractivity contribution is -0.0469. The second-order valence-electron chi connectivity index (χ2n) is 5.26. The maximum Gasteiger partial charge on any atom is 0.261 e. The first-order valence-electron chi connectivity index (χ1n) is 7.19. The van der Waals surface area contributed by atoms with E-state index in [-0.39, 0.29) is 0 Å². The predicted molar refractivity (Wildman–Crippen MR) is 80.9 cm³/mol. The molecule has 0 unspecified atom stereocenters. The fourth-order valence-corrected chi connectivity index (χ4v) is 3.19. The average Bonchev–Trinajstić information content (AvgIpc) is 3.09. The lowest BCUT2D eigenvalue weighted by Gasteiger charge is -2.24. The van der Waals surface area contributed by atoms with E-state index in [0.29, 0.717) is 34.6 Å². The van der Waals surface area contributed by atoms with Crippen molar-refractivity contribution < 1.29 is 9.26 Å². The van der Waals surface area contributed by atoms with Gasteiger partial charge in [-0.25, -0.2) is 0 Å². The van der Waals surface area contributed by atoms with E-state index in [0.717, 1.165) is 25.7 Å². The normalized spacial score (nSPS) is 17.2. The van der Waals surface area contributed by atoms with E-state index < -0.39 is 5.60 Å². The number of aromatic nitrogens is 2. The second kappa shape index (κ2) is 5.66. The highest BCUT2D eigenvalue weighted by atomic mass is 35.5. The number of hydrogen-bond acceptors (Lipinski definition) is 5. The molecule has 6 heteroatoms. The van der Waals surface area contributed by atoms with Crippen LogP contribution in [0.25, 0.3) is 11.5 Å². The van der Waals surface area contributed by atoms with Crippen LogP contribution in [0.5, 0.6) is 0 Å². The lowest BCUT2D eigenvalue weighted by Crippen LogP contribution is -2.27. The molecule has 2 N–H and O–H groups in total. The van der Waals surface area contributed by atoms with Gasteiger partial charge in [-0.3, -0.25) is 0 Å². The number of anilines is 1. The van der Waals surface area contributed by atoms with Gasteiger partial charge >= 0.3 is 0 Å². The molecule has 112 valence electrons. The van der Waals surface area contributed by atoms with Crippen molar-refractivity contribution in [1.82, 2.24) is 10.1 Å². The first-order chi connectivity index (χ1) is 10.2. The van der Waals surface area contributed by atoms with Gasteiger partial charge in [0.15, 0.2) is 0 Å². The fourth-order valence-electron chi connectivity index (χ4n) is 2.93. The van der Waals surface area contributed by atoms with E-state index in [4.69, 9.17) is 26.6 Å². The quantitative estimate of drug-likeness (QED) is 0.870. The smallest absolute Gasteiger partial charge is 0.261 e. The summed E-state index contributed by atoms with van der Waals surface area (Å²) in [5.41, 5.74) is 6.65. The van der Waals surface area contributed by atoms with Crippen molar-refractivity contribution in [3.8, 4) is 11.5 Å². The summed E-state index contributed by atoms with van der Waals surface area (Å²) in [5.74, 6) is 0.940. The molecule has 1 aromatic carbocycles. The van der Waals surface area contributed by atoms with Crippen LogP contribution in [0, 0.1) is 0 Å². The summed E-state index contributed by atoms with van der Waals surface area (Å²) in [4.78, 5) is 4.51. The number of benzene rings is 1. The SMILES string of the molecule is CCOC1(c2noc(-c3c(N)cccc3Cl)n2)CCCC1. The van der Waals surface area contributed by atoms with E-state index >= 15 is 0 Å². The molecule has 0 bridgehead atoms. The van der Waals surface area contributed by atoms with Crippen LogP contribution < -0.4 is 5.73 Å². The minimum absolute atomic E-state index is 0.346. The summed E-state index contributed by atoms with van der Waals surface area (Å²) in [6.45, 7) is 2.60. The van der Waals surface area contributed by atoms with Crippen LogP contribution in [-0.4, -0.2) is 16.7 Å². The standard InChI is InChI=1S/C15H18ClN3O2/c1-2-20-15(8-3-4-9-15)14-18-13(21-19-14)12-10(16)6-5-7-11(12)17/h5-7H,2-4,8-9,17H2,1H3. The number of hydrogen-bond donors (Lipinski definition) is 1. The Labute approximate surface area is 128 Å². The molecule has 0 atom stereocenters. The topological polar surface area (TPSA) is 74.2 Å². The maximum atomic E-state index is 6.19. The number of nitrogens with zero attached hydrogens (tertiary/aromatic N) is 2. The molecule has 0 radical (unpaired) electrons. The predicted octanol–water partition coefficient (Wildman–Crippen LogP) is 3.78. The molecule has 0 aliphatic heterocycles. The molecule has 0 saturated heterocycles. The highest BCUT2D eigenvalue weighted by molar-refractivity contribution is 6.33. The van der Waals surface area contributed by atoms with Crippen molar-refractivity contribution in [2.24, 2.45) is 0 Å². The lowest BCUT2D eigenvalue weighted by atomic mass is 10.0. The van der Waals surface area contributed by atoms with Crippen LogP contribution in [-0.2, 0) is 10.3 Å². The van der Waals surface area contributed by atoms with Crippen LogP contribution in [0.15, 0.2) is 22.7 Å². The highest BCUT2D eigenvalue weighted by Crippen LogP contribution is 2.42. The van der Waals surface area contributed by atoms with Gasteiger partial charge < -0.3 is 15.0 Å². The highest BCUT2D eigenvalue weighted by Gasteiger charge is 2.41. The van der Waals surface area contributed by atoms with Crippen LogP contribution in [0.2, 0.25) is 5.02 Å². The van der Waals surface area contributed by atoms with Crippen molar-refractivity contribution >= 4 is 17.3 Å². The molecule has 1 saturated carbocycles. The zero-order valence-corrected chi connectivity index (χ0v) is 12.7. The third-order valence-corrected chi connectivity index (χ3v) is 4.24. The maximum absolute atomic E-state index is 6.19. The van der Waals surface area contributed by atoms with E-state index in [1.54, 1.807) is 18.2 Å². The van der Waals surface area contributed by atoms with Gasteiger partial charge in [-0.15, -0.1) is 0 Å². The molecule has 1 aliphatic carbocycles. The third-order valence-electron chi connectivity index (χ3n) is 3.93. The van der Waals surface area contributed by atoms with Crippen molar-refractivity contribution in [3.63, 3.8) is 0 Å². The van der Waals surface area contributed by atoms with Crippen LogP contribution >= 0.6 is 11.6 Å². The van der Waals surface area contributed by atoms with Gasteiger partial charge in [0.2, 0.25) is 5.82 Å². The van der Waals surface area contributed by atoms with Crippen molar-refractivity contribution in [2.75, 3.05) is 12.3 Å². The Morgan fingerprint density at radius 3 is 2.81 bits per heavy atom. The van der Waals surface area contributed by atoms with Crippen LogP contribution in [0.1, 0.15) is 38.4 Å². The van der Waals surface area contributed by atoms with Gasteiger partial charge in [-0.1, -0.05) is 22.8 Å². The Balaban J connectivity index is 2.00. The number of nitrogen functional groups attached to an aromatic ring is 1. The van der Waals surface area contributed by atoms with Crippen molar-refractivity contribution in [2.45, 2.75) is 38.2 Å². The molecule has 0 amide bonds. The fraction of sp³-hybridized carbons (Fsp3) is 0.467. The number of rotatable bonds is 4. The molecule has 1 aliphatic rings. The molecule has 0 spiro atoms. The van der Waals surface area contributed by atoms with Crippen LogP contribution in [0.4, 0.5) is 5.69 Å². The summed E-state index contributed by atoms with van der Waals surface area (Å²) in [5, 5.41) is 4.62. The number of ether oxygens (including phenoxy) is 1. The Bertz CT molecular complexity index is 615. The molecule has 5 nitrogen and oxygen atoms in total. The molecule has 3 rings (SSSR count). The monoisotopic (exact) mass is 307 g/mol. The minimum Gasteiger partial charge on any atom is -0.398 e. The molecular formula is C15H18ClN3O2. The summed E-state index contributed by atoms with van der Waals surface area (Å²) in [6, 6.07) is 5.31. The van der Waals surface area contributed by atoms with E-state index in [1.807, 2.05) is 6.92 Å². The molecule has 1 heterocycles. The average molecular weight is 308 g/mol. The minimum atomic E-state index is -0.424. The van der Waals surface area contributed by atoms with Gasteiger partial charge in [-0.05, 0) is 44.7 Å². The Kier molecular flexibility index (Phi) is 3.87. The summed E-state index contributed by atoms with van der Waals surface area (Å²) in [7, 11) is 0. The largest absolute Gasteiger partial charge is 0.398 e. The van der Waals surface area contributed by atoms with Crippen LogP contribution in [0.3, 0.4) is 0 Å². The molecule has 21 heavy (non-hydrogen) atoms. The Morgan fingerprint density at radius 2 is 2.14 bits per heavy atom. The van der Waals surface area contributed by atoms with Gasteiger partial charge in [0.05, 0.1) is 10.6 Å². The summed E-state index contributed by atoms with van der Waals surface area (Å²) >= 11 is 6.19. The Hall–Kier alpha value is -1.59. The Morgan fingerprint density at radius 1 is 1.38 bits per heavy atom. The van der Waals surface area contributed by atoms with Gasteiger partial charge in [0.25, 0.3) is 5.89 Å². The molecular weight excluding hydrogens is 290 g/mol. The third kappa shape index (κ3) is 2.51. The second-order valence-corrected chi connectivity index (χ2v) is 5.67. The van der Waals surface area contributed by atoms with Gasteiger partial charge in [-0.2, -0.15) is 4.98 Å². The van der Waals surface area contributed by atoms with Gasteiger partial charge in [0, 0.05) is 12.3 Å². The summed E-state index contributed by atoms with van der Waals surface area (Å²) < 4.78 is 11.3. The van der Waals surface area contributed by atoms with Crippen molar-refractivity contribution in [3.05, 3.63) is 29.0 Å². The van der Waals surface area contributed by atoms with E-state index in [2.05, 4.69) is 10.1 Å². The molecule has 1 aromatic heterocycles. The zero-order chi connectivity index (χ0) is 14.9. The van der Waals surface area contributed by atoms with E-state index in [1.165, 1.54) is 0 Å². The number of nitrogens with two attached hydrogens (primary N) is 1. The first-order valence-corrected chi connectivity index (χ1v) is 7.56. The van der Waals surface area contributed by atoms with Crippen molar-refractivity contribution in [1.29, 1.82) is 0 Å².